The smallest absolute Gasteiger partial charge is 0.437 e. The molecule has 0 aliphatic carbocycles. The molecule has 2 aromatic heterocycles. The number of amides is 1. The van der Waals surface area contributed by atoms with E-state index >= 15 is 0 Å². The van der Waals surface area contributed by atoms with E-state index in [-0.39, 0.29) is 28.2 Å². The maximum atomic E-state index is 14.6. The standard InChI is InChI=1S/C20H15F5N4O3S/c1-10-14(6-7-15(22)28-10)32-17-16(13(21)9-27-18(17)20(23,24)25)19(30)29-11-4-3-5-12(8-11)33(31)26-2/h3-9,26H,1-2H3,(H,29,30)/t33-/m1/s1. The summed E-state index contributed by atoms with van der Waals surface area (Å²) in [5.41, 5.74) is -2.85. The van der Waals surface area contributed by atoms with Gasteiger partial charge in [-0.3, -0.25) is 4.79 Å². The third kappa shape index (κ3) is 5.56. The van der Waals surface area contributed by atoms with E-state index in [1.54, 1.807) is 0 Å². The molecule has 1 amide bonds. The maximum Gasteiger partial charge on any atom is 0.437 e. The first-order valence-electron chi connectivity index (χ1n) is 9.08. The molecule has 0 aliphatic rings. The molecule has 1 aromatic carbocycles. The number of benzene rings is 1. The number of ether oxygens (including phenoxy) is 1. The summed E-state index contributed by atoms with van der Waals surface area (Å²) in [5.74, 6) is -5.14. The number of hydrogen-bond donors (Lipinski definition) is 2. The molecule has 3 rings (SSSR count). The Hall–Kier alpha value is -3.29. The van der Waals surface area contributed by atoms with Crippen LogP contribution in [0.25, 0.3) is 0 Å². The van der Waals surface area contributed by atoms with Crippen LogP contribution in [0.2, 0.25) is 0 Å². The number of carbonyl (C=O) groups excluding carboxylic acids is 1. The van der Waals surface area contributed by atoms with Gasteiger partial charge in [-0.05, 0) is 31.2 Å². The van der Waals surface area contributed by atoms with Crippen LogP contribution in [0.5, 0.6) is 11.5 Å². The van der Waals surface area contributed by atoms with Crippen molar-refractivity contribution in [2.75, 3.05) is 12.4 Å². The van der Waals surface area contributed by atoms with Gasteiger partial charge in [-0.1, -0.05) is 6.07 Å². The highest BCUT2D eigenvalue weighted by Gasteiger charge is 2.40. The monoisotopic (exact) mass is 486 g/mol. The number of carbonyl (C=O) groups is 1. The molecule has 0 saturated carbocycles. The topological polar surface area (TPSA) is 99.2 Å². The summed E-state index contributed by atoms with van der Waals surface area (Å²) >= 11 is -1.61. The van der Waals surface area contributed by atoms with Gasteiger partial charge in [0.2, 0.25) is 5.95 Å². The predicted octanol–water partition coefficient (Wildman–Crippen LogP) is 4.37. The second kappa shape index (κ2) is 9.68. The van der Waals surface area contributed by atoms with Crippen LogP contribution in [0.15, 0.2) is 47.5 Å². The molecule has 0 saturated heterocycles. The molecular formula is C20H15F5N4O3S. The Labute approximate surface area is 187 Å². The van der Waals surface area contributed by atoms with Crippen LogP contribution in [-0.2, 0) is 17.5 Å². The van der Waals surface area contributed by atoms with Crippen LogP contribution in [0.1, 0.15) is 21.7 Å². The first-order chi connectivity index (χ1) is 15.5. The molecule has 0 bridgehead atoms. The highest BCUT2D eigenvalue weighted by atomic mass is 32.2. The number of pyridine rings is 2. The van der Waals surface area contributed by atoms with Gasteiger partial charge in [0.15, 0.2) is 22.2 Å². The highest BCUT2D eigenvalue weighted by Crippen LogP contribution is 2.40. The summed E-state index contributed by atoms with van der Waals surface area (Å²) in [4.78, 5) is 19.6. The van der Waals surface area contributed by atoms with Crippen LogP contribution in [-0.4, -0.2) is 27.5 Å². The molecule has 174 valence electrons. The van der Waals surface area contributed by atoms with Crippen molar-refractivity contribution in [3.05, 3.63) is 71.3 Å². The fraction of sp³-hybridized carbons (Fsp3) is 0.150. The Morgan fingerprint density at radius 2 is 1.91 bits per heavy atom. The van der Waals surface area contributed by atoms with Crippen molar-refractivity contribution in [2.24, 2.45) is 0 Å². The fourth-order valence-corrected chi connectivity index (χ4v) is 3.39. The second-order valence-corrected chi connectivity index (χ2v) is 7.85. The van der Waals surface area contributed by atoms with Gasteiger partial charge in [0.05, 0.1) is 23.3 Å². The van der Waals surface area contributed by atoms with Gasteiger partial charge in [0.1, 0.15) is 11.3 Å². The largest absolute Gasteiger partial charge is 0.593 e. The van der Waals surface area contributed by atoms with Gasteiger partial charge in [-0.25, -0.2) is 14.4 Å². The Bertz CT molecular complexity index is 1190. The van der Waals surface area contributed by atoms with E-state index in [9.17, 15) is 31.3 Å². The minimum absolute atomic E-state index is 0.0384. The molecule has 13 heteroatoms. The molecule has 3 aromatic rings. The lowest BCUT2D eigenvalue weighted by molar-refractivity contribution is -0.142. The summed E-state index contributed by atoms with van der Waals surface area (Å²) in [6.45, 7) is 1.26. The van der Waals surface area contributed by atoms with Crippen molar-refractivity contribution in [1.82, 2.24) is 14.7 Å². The Kier molecular flexibility index (Phi) is 7.15. The van der Waals surface area contributed by atoms with Gasteiger partial charge in [-0.2, -0.15) is 17.6 Å². The van der Waals surface area contributed by atoms with Crippen LogP contribution >= 0.6 is 0 Å². The Morgan fingerprint density at radius 1 is 1.18 bits per heavy atom. The van der Waals surface area contributed by atoms with E-state index in [4.69, 9.17) is 4.74 Å². The van der Waals surface area contributed by atoms with E-state index in [1.807, 2.05) is 0 Å². The molecule has 0 aliphatic heterocycles. The molecule has 2 N–H and O–H groups in total. The number of hydrogen-bond acceptors (Lipinski definition) is 6. The summed E-state index contributed by atoms with van der Waals surface area (Å²) < 4.78 is 88.2. The highest BCUT2D eigenvalue weighted by molar-refractivity contribution is 7.89. The minimum Gasteiger partial charge on any atom is -0.593 e. The number of halogens is 5. The van der Waals surface area contributed by atoms with Gasteiger partial charge >= 0.3 is 6.18 Å². The third-order valence-electron chi connectivity index (χ3n) is 4.19. The number of aryl methyl sites for hydroxylation is 1. The zero-order chi connectivity index (χ0) is 24.3. The average Bonchev–Trinajstić information content (AvgIpc) is 2.74. The lowest BCUT2D eigenvalue weighted by Crippen LogP contribution is -2.21. The number of nitrogens with zero attached hydrogens (tertiary/aromatic N) is 2. The molecule has 0 unspecified atom stereocenters. The number of nitrogens with one attached hydrogen (secondary N) is 2. The average molecular weight is 486 g/mol. The van der Waals surface area contributed by atoms with Crippen molar-refractivity contribution in [2.45, 2.75) is 18.0 Å². The van der Waals surface area contributed by atoms with E-state index in [2.05, 4.69) is 20.0 Å². The first-order valence-corrected chi connectivity index (χ1v) is 10.2. The summed E-state index contributed by atoms with van der Waals surface area (Å²) in [5, 5.41) is 2.26. The molecule has 7 nitrogen and oxygen atoms in total. The van der Waals surface area contributed by atoms with Gasteiger partial charge in [-0.15, -0.1) is 4.72 Å². The zero-order valence-corrected chi connectivity index (χ0v) is 17.8. The SMILES string of the molecule is CN[S@+]([O-])c1cccc(NC(=O)c2c(F)cnc(C(F)(F)F)c2Oc2ccc(F)nc2C)c1. The lowest BCUT2D eigenvalue weighted by Gasteiger charge is -2.18. The summed E-state index contributed by atoms with van der Waals surface area (Å²) in [6, 6.07) is 7.40. The van der Waals surface area contributed by atoms with Crippen molar-refractivity contribution in [3.8, 4) is 11.5 Å². The van der Waals surface area contributed by atoms with E-state index < -0.39 is 52.2 Å². The number of aromatic nitrogens is 2. The van der Waals surface area contributed by atoms with Gasteiger partial charge < -0.3 is 14.6 Å². The molecule has 33 heavy (non-hydrogen) atoms. The van der Waals surface area contributed by atoms with Gasteiger partial charge in [0.25, 0.3) is 5.91 Å². The number of rotatable bonds is 6. The summed E-state index contributed by atoms with van der Waals surface area (Å²) in [6.07, 6.45) is -4.87. The van der Waals surface area contributed by atoms with Crippen molar-refractivity contribution in [3.63, 3.8) is 0 Å². The Balaban J connectivity index is 2.08. The number of anilines is 1. The first kappa shape index (κ1) is 24.4. The van der Waals surface area contributed by atoms with E-state index in [0.717, 1.165) is 12.1 Å². The maximum absolute atomic E-state index is 14.6. The minimum atomic E-state index is -5.11. The van der Waals surface area contributed by atoms with Crippen molar-refractivity contribution < 1.29 is 36.0 Å². The van der Waals surface area contributed by atoms with Gasteiger partial charge in [0, 0.05) is 18.8 Å². The fourth-order valence-electron chi connectivity index (χ4n) is 2.72. The second-order valence-electron chi connectivity index (χ2n) is 6.43. The van der Waals surface area contributed by atoms with E-state index in [1.165, 1.54) is 38.2 Å². The molecule has 0 radical (unpaired) electrons. The lowest BCUT2D eigenvalue weighted by atomic mass is 10.1. The van der Waals surface area contributed by atoms with Crippen molar-refractivity contribution >= 4 is 23.0 Å². The normalized spacial score (nSPS) is 12.4. The molecule has 2 heterocycles. The quantitative estimate of drug-likeness (QED) is 0.305. The van der Waals surface area contributed by atoms with Crippen LogP contribution in [0.3, 0.4) is 0 Å². The molecule has 1 atom stereocenters. The van der Waals surface area contributed by atoms with Crippen LogP contribution in [0, 0.1) is 18.7 Å². The third-order valence-corrected chi connectivity index (χ3v) is 5.24. The molecule has 0 fully saturated rings. The van der Waals surface area contributed by atoms with Crippen LogP contribution < -0.4 is 14.8 Å². The van der Waals surface area contributed by atoms with E-state index in [0.29, 0.717) is 0 Å². The van der Waals surface area contributed by atoms with Crippen molar-refractivity contribution in [1.29, 1.82) is 0 Å². The Morgan fingerprint density at radius 3 is 2.55 bits per heavy atom. The summed E-state index contributed by atoms with van der Waals surface area (Å²) in [7, 11) is 1.43. The number of alkyl halides is 3. The zero-order valence-electron chi connectivity index (χ0n) is 17.0. The molecular weight excluding hydrogens is 471 g/mol. The predicted molar refractivity (Wildman–Crippen MR) is 108 cm³/mol. The van der Waals surface area contributed by atoms with Crippen LogP contribution in [0.4, 0.5) is 27.6 Å². The molecule has 0 spiro atoms.